The molecule has 1 aromatic heterocycles. The fraction of sp³-hybridized carbons (Fsp3) is 0.500. The Morgan fingerprint density at radius 2 is 2.25 bits per heavy atom. The zero-order valence-electron chi connectivity index (χ0n) is 10.1. The van der Waals surface area contributed by atoms with Crippen LogP contribution in [0.25, 0.3) is 0 Å². The van der Waals surface area contributed by atoms with Crippen LogP contribution in [0.1, 0.15) is 37.6 Å². The molecule has 0 fully saturated rings. The first-order valence-corrected chi connectivity index (χ1v) is 5.58. The van der Waals surface area contributed by atoms with Gasteiger partial charge in [-0.15, -0.1) is 0 Å². The lowest BCUT2D eigenvalue weighted by Gasteiger charge is -2.26. The zero-order chi connectivity index (χ0) is 12.1. The van der Waals surface area contributed by atoms with E-state index in [1.807, 2.05) is 18.7 Å². The van der Waals surface area contributed by atoms with E-state index >= 15 is 0 Å². The second kappa shape index (κ2) is 5.49. The van der Waals surface area contributed by atoms with Crippen molar-refractivity contribution in [2.75, 3.05) is 12.3 Å². The van der Waals surface area contributed by atoms with Crippen LogP contribution in [0.3, 0.4) is 0 Å². The highest BCUT2D eigenvalue weighted by Gasteiger charge is 2.19. The lowest BCUT2D eigenvalue weighted by atomic mass is 10.2. The Labute approximate surface area is 96.5 Å². The van der Waals surface area contributed by atoms with E-state index in [0.29, 0.717) is 11.3 Å². The van der Waals surface area contributed by atoms with E-state index in [1.165, 1.54) is 6.20 Å². The van der Waals surface area contributed by atoms with Gasteiger partial charge in [0.25, 0.3) is 5.91 Å². The molecule has 0 saturated heterocycles. The minimum atomic E-state index is -0.0394. The number of aromatic nitrogens is 1. The first-order chi connectivity index (χ1) is 7.57. The average molecular weight is 221 g/mol. The molecule has 0 spiro atoms. The topological polar surface area (TPSA) is 59.2 Å². The number of pyridine rings is 1. The molecular weight excluding hydrogens is 202 g/mol. The lowest BCUT2D eigenvalue weighted by Crippen LogP contribution is -2.37. The molecule has 4 heteroatoms. The highest BCUT2D eigenvalue weighted by atomic mass is 16.2. The van der Waals surface area contributed by atoms with Crippen molar-refractivity contribution in [3.8, 4) is 0 Å². The molecule has 1 aromatic rings. The molecular formula is C12H19N3O. The molecule has 1 heterocycles. The number of nitrogens with zero attached hydrogens (tertiary/aromatic N) is 2. The van der Waals surface area contributed by atoms with Gasteiger partial charge in [0.2, 0.25) is 0 Å². The minimum Gasteiger partial charge on any atom is -0.398 e. The summed E-state index contributed by atoms with van der Waals surface area (Å²) < 4.78 is 0. The van der Waals surface area contributed by atoms with Gasteiger partial charge in [-0.2, -0.15) is 0 Å². The molecule has 0 saturated carbocycles. The maximum absolute atomic E-state index is 12.2. The molecule has 1 rings (SSSR count). The molecule has 0 aromatic carbocycles. The Morgan fingerprint density at radius 1 is 1.56 bits per heavy atom. The maximum Gasteiger partial charge on any atom is 0.257 e. The van der Waals surface area contributed by atoms with Gasteiger partial charge in [0.05, 0.1) is 5.56 Å². The fourth-order valence-electron chi connectivity index (χ4n) is 1.57. The predicted octanol–water partition coefficient (Wildman–Crippen LogP) is 1.92. The molecule has 88 valence electrons. The van der Waals surface area contributed by atoms with E-state index < -0.39 is 0 Å². The summed E-state index contributed by atoms with van der Waals surface area (Å²) in [6.07, 6.45) is 4.05. The predicted molar refractivity (Wildman–Crippen MR) is 65.1 cm³/mol. The number of rotatable bonds is 4. The molecule has 2 N–H and O–H groups in total. The summed E-state index contributed by atoms with van der Waals surface area (Å²) in [5.74, 6) is -0.0394. The van der Waals surface area contributed by atoms with Crippen LogP contribution in [0.5, 0.6) is 0 Å². The smallest absolute Gasteiger partial charge is 0.257 e. The van der Waals surface area contributed by atoms with Gasteiger partial charge in [-0.3, -0.25) is 9.78 Å². The van der Waals surface area contributed by atoms with Crippen LogP contribution in [0.15, 0.2) is 18.5 Å². The highest BCUT2D eigenvalue weighted by molar-refractivity contribution is 5.98. The first kappa shape index (κ1) is 12.5. The van der Waals surface area contributed by atoms with Crippen LogP contribution in [-0.4, -0.2) is 28.4 Å². The standard InChI is InChI=1S/C12H19N3O/c1-4-7-15(9(2)3)12(16)10-8-14-6-5-11(10)13/h5-6,8-9H,4,7H2,1-3H3,(H2,13,14). The number of amides is 1. The van der Waals surface area contributed by atoms with Gasteiger partial charge >= 0.3 is 0 Å². The van der Waals surface area contributed by atoms with Crippen molar-refractivity contribution in [2.45, 2.75) is 33.2 Å². The fourth-order valence-corrected chi connectivity index (χ4v) is 1.57. The van der Waals surface area contributed by atoms with Crippen LogP contribution in [0.4, 0.5) is 5.69 Å². The Hall–Kier alpha value is -1.58. The number of hydrogen-bond donors (Lipinski definition) is 1. The largest absolute Gasteiger partial charge is 0.398 e. The van der Waals surface area contributed by atoms with Gasteiger partial charge in [-0.05, 0) is 26.3 Å². The third-order valence-electron chi connectivity index (χ3n) is 2.43. The Morgan fingerprint density at radius 3 is 2.75 bits per heavy atom. The molecule has 0 aliphatic rings. The van der Waals surface area contributed by atoms with Gasteiger partial charge in [-0.1, -0.05) is 6.92 Å². The third-order valence-corrected chi connectivity index (χ3v) is 2.43. The van der Waals surface area contributed by atoms with Gasteiger partial charge < -0.3 is 10.6 Å². The van der Waals surface area contributed by atoms with Crippen molar-refractivity contribution < 1.29 is 4.79 Å². The Bertz CT molecular complexity index is 363. The minimum absolute atomic E-state index is 0.0394. The average Bonchev–Trinajstić information content (AvgIpc) is 2.25. The summed E-state index contributed by atoms with van der Waals surface area (Å²) in [5, 5.41) is 0. The zero-order valence-corrected chi connectivity index (χ0v) is 10.1. The van der Waals surface area contributed by atoms with Crippen molar-refractivity contribution in [2.24, 2.45) is 0 Å². The molecule has 16 heavy (non-hydrogen) atoms. The second-order valence-corrected chi connectivity index (χ2v) is 4.06. The number of carbonyl (C=O) groups is 1. The van der Waals surface area contributed by atoms with Gasteiger partial charge in [-0.25, -0.2) is 0 Å². The summed E-state index contributed by atoms with van der Waals surface area (Å²) in [6.45, 7) is 6.79. The van der Waals surface area contributed by atoms with Crippen LogP contribution in [0, 0.1) is 0 Å². The Kier molecular flexibility index (Phi) is 4.28. The Balaban J connectivity index is 2.95. The van der Waals surface area contributed by atoms with E-state index in [9.17, 15) is 4.79 Å². The first-order valence-electron chi connectivity index (χ1n) is 5.58. The molecule has 0 radical (unpaired) electrons. The van der Waals surface area contributed by atoms with Gasteiger partial charge in [0.1, 0.15) is 0 Å². The van der Waals surface area contributed by atoms with E-state index in [-0.39, 0.29) is 11.9 Å². The summed E-state index contributed by atoms with van der Waals surface area (Å²) in [5.41, 5.74) is 6.75. The molecule has 0 bridgehead atoms. The van der Waals surface area contributed by atoms with Crippen LogP contribution < -0.4 is 5.73 Å². The summed E-state index contributed by atoms with van der Waals surface area (Å²) in [4.78, 5) is 18.0. The highest BCUT2D eigenvalue weighted by Crippen LogP contribution is 2.14. The van der Waals surface area contributed by atoms with Crippen molar-refractivity contribution >= 4 is 11.6 Å². The molecule has 1 amide bonds. The van der Waals surface area contributed by atoms with Crippen LogP contribution in [0.2, 0.25) is 0 Å². The summed E-state index contributed by atoms with van der Waals surface area (Å²) in [7, 11) is 0. The van der Waals surface area contributed by atoms with E-state index in [1.54, 1.807) is 12.3 Å². The number of hydrogen-bond acceptors (Lipinski definition) is 3. The molecule has 0 atom stereocenters. The number of nitrogens with two attached hydrogens (primary N) is 1. The van der Waals surface area contributed by atoms with Gasteiger partial charge in [0, 0.05) is 30.7 Å². The van der Waals surface area contributed by atoms with E-state index in [0.717, 1.165) is 13.0 Å². The van der Waals surface area contributed by atoms with E-state index in [2.05, 4.69) is 11.9 Å². The number of nitrogen functional groups attached to an aromatic ring is 1. The van der Waals surface area contributed by atoms with Crippen molar-refractivity contribution in [3.05, 3.63) is 24.0 Å². The van der Waals surface area contributed by atoms with Gasteiger partial charge in [0.15, 0.2) is 0 Å². The quantitative estimate of drug-likeness (QED) is 0.845. The van der Waals surface area contributed by atoms with Crippen molar-refractivity contribution in [1.82, 2.24) is 9.88 Å². The van der Waals surface area contributed by atoms with Crippen LogP contribution >= 0.6 is 0 Å². The third kappa shape index (κ3) is 2.72. The normalized spacial score (nSPS) is 10.5. The maximum atomic E-state index is 12.2. The number of anilines is 1. The van der Waals surface area contributed by atoms with Crippen molar-refractivity contribution in [1.29, 1.82) is 0 Å². The summed E-state index contributed by atoms with van der Waals surface area (Å²) >= 11 is 0. The second-order valence-electron chi connectivity index (χ2n) is 4.06. The number of carbonyl (C=O) groups excluding carboxylic acids is 1. The molecule has 0 aliphatic carbocycles. The molecule has 0 unspecified atom stereocenters. The van der Waals surface area contributed by atoms with Crippen LogP contribution in [-0.2, 0) is 0 Å². The molecule has 4 nitrogen and oxygen atoms in total. The van der Waals surface area contributed by atoms with Crippen molar-refractivity contribution in [3.63, 3.8) is 0 Å². The summed E-state index contributed by atoms with van der Waals surface area (Å²) in [6, 6.07) is 1.82. The van der Waals surface area contributed by atoms with E-state index in [4.69, 9.17) is 5.73 Å². The lowest BCUT2D eigenvalue weighted by molar-refractivity contribution is 0.0706. The SMILES string of the molecule is CCCN(C(=O)c1cnccc1N)C(C)C. The molecule has 0 aliphatic heterocycles. The monoisotopic (exact) mass is 221 g/mol.